The van der Waals surface area contributed by atoms with E-state index in [0.29, 0.717) is 30.9 Å². The molecule has 3 fully saturated rings. The topological polar surface area (TPSA) is 67.8 Å². The Morgan fingerprint density at radius 2 is 2.07 bits per heavy atom. The summed E-state index contributed by atoms with van der Waals surface area (Å²) in [6.07, 6.45) is 12.6. The standard InChI is InChI=1S/C20H30N4O2.HI/c1-21-20(24-17-11-16-8-9-18(17)25-16)23-13-14-7-10-19(22-12-14)26-15-5-3-2-4-6-15;/h7,10,12,15-18H,2-6,8-9,11,13H2,1H3,(H2,21,23,24);1H. The van der Waals surface area contributed by atoms with Crippen LogP contribution in [0.1, 0.15) is 56.9 Å². The van der Waals surface area contributed by atoms with Crippen molar-refractivity contribution < 1.29 is 9.47 Å². The highest BCUT2D eigenvalue weighted by Crippen LogP contribution is 2.34. The molecule has 1 aromatic rings. The molecule has 1 aliphatic carbocycles. The number of ether oxygens (including phenoxy) is 2. The molecule has 2 N–H and O–H groups in total. The number of aliphatic imine (C=N–C) groups is 1. The van der Waals surface area contributed by atoms with E-state index in [0.717, 1.165) is 43.1 Å². The second kappa shape index (κ2) is 9.91. The summed E-state index contributed by atoms with van der Waals surface area (Å²) >= 11 is 0. The normalized spacial score (nSPS) is 27.9. The van der Waals surface area contributed by atoms with Crippen LogP contribution in [-0.4, -0.2) is 42.3 Å². The number of hydrogen-bond acceptors (Lipinski definition) is 4. The Bertz CT molecular complexity index is 619. The van der Waals surface area contributed by atoms with Crippen molar-refractivity contribution in [3.05, 3.63) is 23.9 Å². The number of halogens is 1. The first kappa shape index (κ1) is 20.6. The molecule has 0 radical (unpaired) electrons. The highest BCUT2D eigenvalue weighted by atomic mass is 127. The van der Waals surface area contributed by atoms with Crippen molar-refractivity contribution in [1.82, 2.24) is 15.6 Å². The second-order valence-electron chi connectivity index (χ2n) is 7.67. The van der Waals surface area contributed by atoms with Crippen LogP contribution in [0.2, 0.25) is 0 Å². The van der Waals surface area contributed by atoms with Gasteiger partial charge in [-0.2, -0.15) is 0 Å². The molecule has 0 spiro atoms. The number of fused-ring (bicyclic) bond motifs is 2. The number of pyridine rings is 1. The van der Waals surface area contributed by atoms with E-state index in [9.17, 15) is 0 Å². The van der Waals surface area contributed by atoms with Gasteiger partial charge >= 0.3 is 0 Å². The lowest BCUT2D eigenvalue weighted by Crippen LogP contribution is -2.47. The highest BCUT2D eigenvalue weighted by Gasteiger charge is 2.41. The van der Waals surface area contributed by atoms with Gasteiger partial charge in [0.15, 0.2) is 5.96 Å². The predicted molar refractivity (Wildman–Crippen MR) is 117 cm³/mol. The molecule has 0 amide bonds. The lowest BCUT2D eigenvalue weighted by atomic mass is 9.96. The van der Waals surface area contributed by atoms with Gasteiger partial charge in [-0.3, -0.25) is 4.99 Å². The van der Waals surface area contributed by atoms with Gasteiger partial charge in [0.05, 0.1) is 18.2 Å². The quantitative estimate of drug-likeness (QED) is 0.380. The van der Waals surface area contributed by atoms with E-state index in [4.69, 9.17) is 9.47 Å². The van der Waals surface area contributed by atoms with Crippen molar-refractivity contribution in [2.45, 2.75) is 82.3 Å². The average Bonchev–Trinajstić information content (AvgIpc) is 3.30. The summed E-state index contributed by atoms with van der Waals surface area (Å²) in [5.74, 6) is 1.57. The molecular formula is C20H31IN4O2. The highest BCUT2D eigenvalue weighted by molar-refractivity contribution is 14.0. The van der Waals surface area contributed by atoms with E-state index in [-0.39, 0.29) is 24.0 Å². The number of hydrogen-bond donors (Lipinski definition) is 2. The minimum absolute atomic E-state index is 0. The van der Waals surface area contributed by atoms with Crippen LogP contribution < -0.4 is 15.4 Å². The molecular weight excluding hydrogens is 455 g/mol. The SMILES string of the molecule is CN=C(NCc1ccc(OC2CCCCC2)nc1)NC1CC2CCC1O2.I. The van der Waals surface area contributed by atoms with Crippen LogP contribution in [-0.2, 0) is 11.3 Å². The summed E-state index contributed by atoms with van der Waals surface area (Å²) in [7, 11) is 1.81. The summed E-state index contributed by atoms with van der Waals surface area (Å²) in [5.41, 5.74) is 1.12. The minimum atomic E-state index is 0. The lowest BCUT2D eigenvalue weighted by Gasteiger charge is -2.23. The van der Waals surface area contributed by atoms with Crippen LogP contribution >= 0.6 is 24.0 Å². The number of aromatic nitrogens is 1. The zero-order valence-corrected chi connectivity index (χ0v) is 18.4. The van der Waals surface area contributed by atoms with E-state index in [1.807, 2.05) is 19.3 Å². The second-order valence-corrected chi connectivity index (χ2v) is 7.67. The Kier molecular flexibility index (Phi) is 7.57. The fourth-order valence-electron chi connectivity index (χ4n) is 4.28. The molecule has 2 saturated heterocycles. The molecule has 27 heavy (non-hydrogen) atoms. The Labute approximate surface area is 178 Å². The van der Waals surface area contributed by atoms with Crippen molar-refractivity contribution in [1.29, 1.82) is 0 Å². The maximum atomic E-state index is 5.99. The first-order valence-corrected chi connectivity index (χ1v) is 10.0. The van der Waals surface area contributed by atoms with E-state index in [1.165, 1.54) is 25.7 Å². The number of rotatable bonds is 5. The zero-order valence-electron chi connectivity index (χ0n) is 16.0. The van der Waals surface area contributed by atoms with Crippen molar-refractivity contribution in [3.63, 3.8) is 0 Å². The van der Waals surface area contributed by atoms with Gasteiger partial charge in [-0.05, 0) is 50.5 Å². The molecule has 0 aromatic carbocycles. The van der Waals surface area contributed by atoms with Gasteiger partial charge in [0.25, 0.3) is 0 Å². The van der Waals surface area contributed by atoms with E-state index < -0.39 is 0 Å². The van der Waals surface area contributed by atoms with E-state index in [2.05, 4.69) is 26.7 Å². The molecule has 6 nitrogen and oxygen atoms in total. The van der Waals surface area contributed by atoms with Crippen molar-refractivity contribution in [2.75, 3.05) is 7.05 Å². The smallest absolute Gasteiger partial charge is 0.213 e. The molecule has 3 unspecified atom stereocenters. The van der Waals surface area contributed by atoms with E-state index in [1.54, 1.807) is 0 Å². The van der Waals surface area contributed by atoms with Gasteiger partial charge in [-0.1, -0.05) is 12.5 Å². The molecule has 4 rings (SSSR count). The summed E-state index contributed by atoms with van der Waals surface area (Å²) < 4.78 is 11.9. The molecule has 1 saturated carbocycles. The van der Waals surface area contributed by atoms with Gasteiger partial charge in [0.1, 0.15) is 6.10 Å². The molecule has 150 valence electrons. The Morgan fingerprint density at radius 1 is 1.22 bits per heavy atom. The summed E-state index contributed by atoms with van der Waals surface area (Å²) in [6.45, 7) is 0.693. The van der Waals surface area contributed by atoms with Gasteiger partial charge in [-0.25, -0.2) is 4.98 Å². The van der Waals surface area contributed by atoms with Crippen molar-refractivity contribution >= 4 is 29.9 Å². The molecule has 7 heteroatoms. The summed E-state index contributed by atoms with van der Waals surface area (Å²) in [6, 6.07) is 4.43. The fraction of sp³-hybridized carbons (Fsp3) is 0.700. The molecule has 3 aliphatic rings. The van der Waals surface area contributed by atoms with Crippen molar-refractivity contribution in [2.24, 2.45) is 4.99 Å². The van der Waals surface area contributed by atoms with Gasteiger partial charge in [0.2, 0.25) is 5.88 Å². The minimum Gasteiger partial charge on any atom is -0.474 e. The van der Waals surface area contributed by atoms with Gasteiger partial charge in [0, 0.05) is 25.9 Å². The molecule has 3 atom stereocenters. The van der Waals surface area contributed by atoms with Crippen LogP contribution in [0.25, 0.3) is 0 Å². The van der Waals surface area contributed by atoms with Gasteiger partial charge in [-0.15, -0.1) is 24.0 Å². The molecule has 2 aliphatic heterocycles. The third kappa shape index (κ3) is 5.47. The van der Waals surface area contributed by atoms with Crippen LogP contribution in [0.5, 0.6) is 5.88 Å². The Morgan fingerprint density at radius 3 is 2.70 bits per heavy atom. The first-order valence-electron chi connectivity index (χ1n) is 10.0. The maximum absolute atomic E-state index is 5.99. The third-order valence-electron chi connectivity index (χ3n) is 5.75. The van der Waals surface area contributed by atoms with Crippen molar-refractivity contribution in [3.8, 4) is 5.88 Å². The average molecular weight is 486 g/mol. The van der Waals surface area contributed by atoms with Crippen LogP contribution in [0, 0.1) is 0 Å². The summed E-state index contributed by atoms with van der Waals surface area (Å²) in [5, 5.41) is 6.88. The molecule has 1 aromatic heterocycles. The predicted octanol–water partition coefficient (Wildman–Crippen LogP) is 3.40. The number of nitrogens with one attached hydrogen (secondary N) is 2. The Hall–Kier alpha value is -1.09. The first-order chi connectivity index (χ1) is 12.8. The third-order valence-corrected chi connectivity index (χ3v) is 5.75. The Balaban J connectivity index is 0.00000210. The molecule has 2 bridgehead atoms. The number of guanidine groups is 1. The largest absolute Gasteiger partial charge is 0.474 e. The van der Waals surface area contributed by atoms with Gasteiger partial charge < -0.3 is 20.1 Å². The lowest BCUT2D eigenvalue weighted by molar-refractivity contribution is 0.0992. The van der Waals surface area contributed by atoms with E-state index >= 15 is 0 Å². The zero-order chi connectivity index (χ0) is 17.8. The van der Waals surface area contributed by atoms with Crippen LogP contribution in [0.15, 0.2) is 23.3 Å². The van der Waals surface area contributed by atoms with Crippen LogP contribution in [0.3, 0.4) is 0 Å². The maximum Gasteiger partial charge on any atom is 0.213 e. The summed E-state index contributed by atoms with van der Waals surface area (Å²) in [4.78, 5) is 8.81. The number of nitrogens with zero attached hydrogens (tertiary/aromatic N) is 2. The van der Waals surface area contributed by atoms with Crippen LogP contribution in [0.4, 0.5) is 0 Å². The monoisotopic (exact) mass is 486 g/mol. The molecule has 3 heterocycles. The fourth-order valence-corrected chi connectivity index (χ4v) is 4.28.